The third-order valence-corrected chi connectivity index (χ3v) is 3.92. The van der Waals surface area contributed by atoms with Gasteiger partial charge in [-0.1, -0.05) is 0 Å². The number of aliphatic carboxylic acids is 1. The van der Waals surface area contributed by atoms with Crippen LogP contribution >= 0.6 is 0 Å². The first-order valence-corrected chi connectivity index (χ1v) is 7.39. The number of carbonyl (C=O) groups is 2. The average Bonchev–Trinajstić information content (AvgIpc) is 2.48. The number of nitrogens with zero attached hydrogens (tertiary/aromatic N) is 2. The lowest BCUT2D eigenvalue weighted by atomic mass is 9.86. The standard InChI is InChI=1S/C15H22N4O3/c1-19(2)12-7-8-13(16-9-12)18-15(22)17-11-5-3-10(4-6-11)14(20)21/h7-11H,3-6H2,1-2H3,(H,20,21)(H2,16,17,18,22). The number of carbonyl (C=O) groups excluding carboxylic acids is 1. The molecule has 0 radical (unpaired) electrons. The number of nitrogens with one attached hydrogen (secondary N) is 2. The smallest absolute Gasteiger partial charge is 0.320 e. The fourth-order valence-electron chi connectivity index (χ4n) is 2.55. The Morgan fingerprint density at radius 2 is 1.91 bits per heavy atom. The number of carboxylic acids is 1. The molecule has 1 aromatic rings. The summed E-state index contributed by atoms with van der Waals surface area (Å²) in [7, 11) is 3.84. The highest BCUT2D eigenvalue weighted by atomic mass is 16.4. The normalized spacial score (nSPS) is 21.0. The van der Waals surface area contributed by atoms with Crippen LogP contribution in [-0.2, 0) is 4.79 Å². The molecule has 120 valence electrons. The van der Waals surface area contributed by atoms with Gasteiger partial charge in [-0.3, -0.25) is 10.1 Å². The molecular formula is C15H22N4O3. The van der Waals surface area contributed by atoms with Gasteiger partial charge in [0.25, 0.3) is 0 Å². The molecule has 1 aliphatic rings. The molecular weight excluding hydrogens is 284 g/mol. The first-order valence-electron chi connectivity index (χ1n) is 7.39. The van der Waals surface area contributed by atoms with Crippen LogP contribution in [0.25, 0.3) is 0 Å². The lowest BCUT2D eigenvalue weighted by Crippen LogP contribution is -2.41. The van der Waals surface area contributed by atoms with E-state index in [0.717, 1.165) is 5.69 Å². The molecule has 0 aromatic carbocycles. The predicted molar refractivity (Wildman–Crippen MR) is 84.1 cm³/mol. The van der Waals surface area contributed by atoms with Crippen molar-refractivity contribution in [3.8, 4) is 0 Å². The van der Waals surface area contributed by atoms with Gasteiger partial charge in [-0.25, -0.2) is 9.78 Å². The molecule has 0 unspecified atom stereocenters. The summed E-state index contributed by atoms with van der Waals surface area (Å²) in [5.41, 5.74) is 0.956. The minimum atomic E-state index is -0.743. The molecule has 0 bridgehead atoms. The number of anilines is 2. The van der Waals surface area contributed by atoms with Gasteiger partial charge in [0, 0.05) is 20.1 Å². The quantitative estimate of drug-likeness (QED) is 0.790. The Balaban J connectivity index is 1.80. The number of pyridine rings is 1. The van der Waals surface area contributed by atoms with Crippen molar-refractivity contribution in [2.75, 3.05) is 24.3 Å². The van der Waals surface area contributed by atoms with Crippen molar-refractivity contribution in [3.05, 3.63) is 18.3 Å². The van der Waals surface area contributed by atoms with Crippen LogP contribution in [0.1, 0.15) is 25.7 Å². The molecule has 1 fully saturated rings. The van der Waals surface area contributed by atoms with Gasteiger partial charge in [-0.2, -0.15) is 0 Å². The zero-order chi connectivity index (χ0) is 16.1. The van der Waals surface area contributed by atoms with E-state index in [1.54, 1.807) is 12.3 Å². The summed E-state index contributed by atoms with van der Waals surface area (Å²) in [6, 6.07) is 3.34. The maximum absolute atomic E-state index is 11.9. The monoisotopic (exact) mass is 306 g/mol. The molecule has 2 rings (SSSR count). The van der Waals surface area contributed by atoms with Crippen LogP contribution in [0.15, 0.2) is 18.3 Å². The van der Waals surface area contributed by atoms with Gasteiger partial charge in [0.1, 0.15) is 5.82 Å². The molecule has 7 nitrogen and oxygen atoms in total. The van der Waals surface area contributed by atoms with Crippen molar-refractivity contribution in [1.29, 1.82) is 0 Å². The average molecular weight is 306 g/mol. The van der Waals surface area contributed by atoms with Gasteiger partial charge < -0.3 is 15.3 Å². The second-order valence-electron chi connectivity index (χ2n) is 5.78. The van der Waals surface area contributed by atoms with E-state index in [1.807, 2.05) is 25.1 Å². The minimum Gasteiger partial charge on any atom is -0.481 e. The van der Waals surface area contributed by atoms with Crippen molar-refractivity contribution in [2.45, 2.75) is 31.7 Å². The highest BCUT2D eigenvalue weighted by Crippen LogP contribution is 2.24. The zero-order valence-corrected chi connectivity index (χ0v) is 12.9. The molecule has 0 aliphatic heterocycles. The van der Waals surface area contributed by atoms with E-state index >= 15 is 0 Å². The summed E-state index contributed by atoms with van der Waals surface area (Å²) in [5.74, 6) is -0.531. The van der Waals surface area contributed by atoms with E-state index in [9.17, 15) is 9.59 Å². The molecule has 1 heterocycles. The Labute approximate surface area is 129 Å². The maximum atomic E-state index is 11.9. The number of carboxylic acid groups (broad SMARTS) is 1. The second-order valence-corrected chi connectivity index (χ2v) is 5.78. The van der Waals surface area contributed by atoms with Crippen molar-refractivity contribution in [1.82, 2.24) is 10.3 Å². The number of hydrogen-bond donors (Lipinski definition) is 3. The Hall–Kier alpha value is -2.31. The molecule has 7 heteroatoms. The highest BCUT2D eigenvalue weighted by Gasteiger charge is 2.26. The van der Waals surface area contributed by atoms with Crippen LogP contribution in [-0.4, -0.2) is 42.2 Å². The summed E-state index contributed by atoms with van der Waals surface area (Å²) in [6.07, 6.45) is 4.29. The summed E-state index contributed by atoms with van der Waals surface area (Å²) >= 11 is 0. The van der Waals surface area contributed by atoms with Crippen LogP contribution < -0.4 is 15.5 Å². The predicted octanol–water partition coefficient (Wildman–Crippen LogP) is 1.91. The fraction of sp³-hybridized carbons (Fsp3) is 0.533. The highest BCUT2D eigenvalue weighted by molar-refractivity contribution is 5.88. The van der Waals surface area contributed by atoms with Gasteiger partial charge in [0.2, 0.25) is 0 Å². The third-order valence-electron chi connectivity index (χ3n) is 3.92. The van der Waals surface area contributed by atoms with Crippen LogP contribution in [0.3, 0.4) is 0 Å². The third kappa shape index (κ3) is 4.34. The van der Waals surface area contributed by atoms with Gasteiger partial charge in [0.15, 0.2) is 0 Å². The molecule has 1 aromatic heterocycles. The van der Waals surface area contributed by atoms with Crippen LogP contribution in [0.2, 0.25) is 0 Å². The van der Waals surface area contributed by atoms with E-state index < -0.39 is 5.97 Å². The van der Waals surface area contributed by atoms with Crippen molar-refractivity contribution in [3.63, 3.8) is 0 Å². The molecule has 0 saturated heterocycles. The number of aromatic nitrogens is 1. The SMILES string of the molecule is CN(C)c1ccc(NC(=O)NC2CCC(C(=O)O)CC2)nc1. The van der Waals surface area contributed by atoms with Gasteiger partial charge in [0.05, 0.1) is 17.8 Å². The van der Waals surface area contributed by atoms with Crippen molar-refractivity contribution < 1.29 is 14.7 Å². The summed E-state index contributed by atoms with van der Waals surface area (Å²) in [6.45, 7) is 0. The van der Waals surface area contributed by atoms with E-state index in [-0.39, 0.29) is 18.0 Å². The first kappa shape index (κ1) is 16.1. The Morgan fingerprint density at radius 3 is 2.41 bits per heavy atom. The molecule has 0 atom stereocenters. The fourth-order valence-corrected chi connectivity index (χ4v) is 2.55. The van der Waals surface area contributed by atoms with Crippen LogP contribution in [0.5, 0.6) is 0 Å². The summed E-state index contributed by atoms with van der Waals surface area (Å²) < 4.78 is 0. The maximum Gasteiger partial charge on any atom is 0.320 e. The van der Waals surface area contributed by atoms with Gasteiger partial charge >= 0.3 is 12.0 Å². The van der Waals surface area contributed by atoms with Crippen LogP contribution in [0, 0.1) is 5.92 Å². The number of urea groups is 1. The Bertz CT molecular complexity index is 522. The summed E-state index contributed by atoms with van der Waals surface area (Å²) in [5, 5.41) is 14.5. The minimum absolute atomic E-state index is 0.0247. The van der Waals surface area contributed by atoms with E-state index in [1.165, 1.54) is 0 Å². The molecule has 22 heavy (non-hydrogen) atoms. The number of rotatable bonds is 4. The van der Waals surface area contributed by atoms with E-state index in [4.69, 9.17) is 5.11 Å². The second kappa shape index (κ2) is 7.11. The van der Waals surface area contributed by atoms with Crippen LogP contribution in [0.4, 0.5) is 16.3 Å². The van der Waals surface area contributed by atoms with E-state index in [0.29, 0.717) is 31.5 Å². The van der Waals surface area contributed by atoms with Gasteiger partial charge in [-0.15, -0.1) is 0 Å². The number of amides is 2. The Morgan fingerprint density at radius 1 is 1.23 bits per heavy atom. The Kier molecular flexibility index (Phi) is 5.19. The van der Waals surface area contributed by atoms with Crippen molar-refractivity contribution in [2.24, 2.45) is 5.92 Å². The largest absolute Gasteiger partial charge is 0.481 e. The lowest BCUT2D eigenvalue weighted by molar-refractivity contribution is -0.142. The van der Waals surface area contributed by atoms with Crippen molar-refractivity contribution >= 4 is 23.5 Å². The zero-order valence-electron chi connectivity index (χ0n) is 12.9. The molecule has 3 N–H and O–H groups in total. The summed E-state index contributed by atoms with van der Waals surface area (Å²) in [4.78, 5) is 28.9. The lowest BCUT2D eigenvalue weighted by Gasteiger charge is -2.26. The van der Waals surface area contributed by atoms with Gasteiger partial charge in [-0.05, 0) is 37.8 Å². The molecule has 1 aliphatic carbocycles. The number of hydrogen-bond acceptors (Lipinski definition) is 4. The van der Waals surface area contributed by atoms with E-state index in [2.05, 4.69) is 15.6 Å². The topological polar surface area (TPSA) is 94.6 Å². The molecule has 0 spiro atoms. The first-order chi connectivity index (χ1) is 10.5. The molecule has 2 amide bonds. The molecule has 1 saturated carbocycles.